The van der Waals surface area contributed by atoms with Gasteiger partial charge in [-0.05, 0) is 39.4 Å². The van der Waals surface area contributed by atoms with Gasteiger partial charge in [0.1, 0.15) is 0 Å². The van der Waals surface area contributed by atoms with E-state index in [1.165, 1.54) is 6.07 Å². The maximum Gasteiger partial charge on any atom is 0.163 e. The second-order valence-electron chi connectivity index (χ2n) is 4.96. The van der Waals surface area contributed by atoms with Gasteiger partial charge in [0.05, 0.1) is 18.3 Å². The maximum absolute atomic E-state index is 13.9. The number of benzene rings is 1. The fourth-order valence-electron chi connectivity index (χ4n) is 2.27. The van der Waals surface area contributed by atoms with E-state index in [4.69, 9.17) is 0 Å². The van der Waals surface area contributed by atoms with Crippen molar-refractivity contribution in [2.75, 3.05) is 7.05 Å². The summed E-state index contributed by atoms with van der Waals surface area (Å²) in [7, 11) is 1.73. The van der Waals surface area contributed by atoms with Gasteiger partial charge in [-0.3, -0.25) is 4.68 Å². The lowest BCUT2D eigenvalue weighted by molar-refractivity contribution is 0.426. The molecule has 2 aromatic rings. The van der Waals surface area contributed by atoms with Crippen molar-refractivity contribution in [3.63, 3.8) is 0 Å². The van der Waals surface area contributed by atoms with Crippen molar-refractivity contribution in [2.45, 2.75) is 33.4 Å². The Kier molecular flexibility index (Phi) is 4.18. The molecule has 1 unspecified atom stereocenters. The molecule has 3 nitrogen and oxygen atoms in total. The molecule has 0 aliphatic carbocycles. The Balaban J connectivity index is 2.34. The van der Waals surface area contributed by atoms with Crippen LogP contribution in [0.3, 0.4) is 0 Å². The Bertz CT molecular complexity index is 620. The van der Waals surface area contributed by atoms with Crippen LogP contribution in [0.1, 0.15) is 28.6 Å². The highest BCUT2D eigenvalue weighted by atomic mass is 19.2. The van der Waals surface area contributed by atoms with Crippen molar-refractivity contribution >= 4 is 0 Å². The van der Waals surface area contributed by atoms with E-state index >= 15 is 0 Å². The van der Waals surface area contributed by atoms with Crippen LogP contribution in [0.15, 0.2) is 18.2 Å². The zero-order valence-electron chi connectivity index (χ0n) is 12.2. The predicted molar refractivity (Wildman–Crippen MR) is 74.6 cm³/mol. The number of rotatable bonds is 4. The molecule has 0 fully saturated rings. The lowest BCUT2D eigenvalue weighted by atomic mass is 10.1. The summed E-state index contributed by atoms with van der Waals surface area (Å²) in [6.45, 7) is 6.38. The van der Waals surface area contributed by atoms with E-state index in [0.29, 0.717) is 12.1 Å². The second-order valence-corrected chi connectivity index (χ2v) is 4.96. The summed E-state index contributed by atoms with van der Waals surface area (Å²) < 4.78 is 29.0. The van der Waals surface area contributed by atoms with Crippen LogP contribution in [0.5, 0.6) is 0 Å². The molecule has 0 radical (unpaired) electrons. The van der Waals surface area contributed by atoms with Crippen LogP contribution in [0, 0.1) is 32.4 Å². The molecule has 1 N–H and O–H groups in total. The Hall–Kier alpha value is -1.75. The first-order chi connectivity index (χ1) is 9.45. The number of hydrogen-bond acceptors (Lipinski definition) is 2. The van der Waals surface area contributed by atoms with E-state index in [-0.39, 0.29) is 6.04 Å². The number of aromatic nitrogens is 2. The lowest BCUT2D eigenvalue weighted by Crippen LogP contribution is -2.24. The molecule has 1 aromatic carbocycles. The molecule has 1 heterocycles. The number of likely N-dealkylation sites (N-methyl/N-ethyl adjacent to an activating group) is 1. The summed E-state index contributed by atoms with van der Waals surface area (Å²) in [5.74, 6) is -1.63. The van der Waals surface area contributed by atoms with E-state index in [0.717, 1.165) is 23.0 Å². The number of nitrogens with one attached hydrogen (secondary N) is 1. The third-order valence-corrected chi connectivity index (χ3v) is 3.80. The molecule has 0 aliphatic rings. The Morgan fingerprint density at radius 1 is 1.25 bits per heavy atom. The van der Waals surface area contributed by atoms with Crippen LogP contribution in [0.25, 0.3) is 0 Å². The number of halogens is 2. The fourth-order valence-corrected chi connectivity index (χ4v) is 2.27. The average Bonchev–Trinajstić information content (AvgIpc) is 2.67. The summed E-state index contributed by atoms with van der Waals surface area (Å²) in [6.07, 6.45) is 0. The minimum absolute atomic E-state index is 0.317. The van der Waals surface area contributed by atoms with Crippen molar-refractivity contribution in [2.24, 2.45) is 0 Å². The first-order valence-electron chi connectivity index (χ1n) is 6.57. The summed E-state index contributed by atoms with van der Waals surface area (Å²) >= 11 is 0. The van der Waals surface area contributed by atoms with Crippen LogP contribution in [-0.2, 0) is 6.54 Å². The van der Waals surface area contributed by atoms with Gasteiger partial charge in [-0.25, -0.2) is 8.78 Å². The molecule has 0 aliphatic heterocycles. The van der Waals surface area contributed by atoms with E-state index in [1.807, 2.05) is 25.5 Å². The Labute approximate surface area is 117 Å². The summed E-state index contributed by atoms with van der Waals surface area (Å²) in [5, 5.41) is 7.46. The van der Waals surface area contributed by atoms with Gasteiger partial charge in [0.2, 0.25) is 0 Å². The highest BCUT2D eigenvalue weighted by Crippen LogP contribution is 2.22. The zero-order valence-corrected chi connectivity index (χ0v) is 12.2. The molecule has 5 heteroatoms. The molecular weight excluding hydrogens is 260 g/mol. The Morgan fingerprint density at radius 2 is 1.95 bits per heavy atom. The molecule has 0 spiro atoms. The van der Waals surface area contributed by atoms with Gasteiger partial charge >= 0.3 is 0 Å². The fraction of sp³-hybridized carbons (Fsp3) is 0.400. The largest absolute Gasteiger partial charge is 0.311 e. The molecule has 1 aromatic heterocycles. The Morgan fingerprint density at radius 3 is 2.50 bits per heavy atom. The van der Waals surface area contributed by atoms with Crippen molar-refractivity contribution < 1.29 is 8.78 Å². The predicted octanol–water partition coefficient (Wildman–Crippen LogP) is 3.05. The molecule has 0 bridgehead atoms. The molecule has 20 heavy (non-hydrogen) atoms. The topological polar surface area (TPSA) is 29.9 Å². The first-order valence-corrected chi connectivity index (χ1v) is 6.57. The third kappa shape index (κ3) is 2.58. The van der Waals surface area contributed by atoms with Crippen LogP contribution in [0.2, 0.25) is 0 Å². The number of aryl methyl sites for hydroxylation is 1. The number of nitrogens with zero attached hydrogens (tertiary/aromatic N) is 2. The van der Waals surface area contributed by atoms with Crippen molar-refractivity contribution in [1.82, 2.24) is 15.1 Å². The van der Waals surface area contributed by atoms with Crippen LogP contribution in [-0.4, -0.2) is 16.8 Å². The lowest BCUT2D eigenvalue weighted by Gasteiger charge is -2.18. The zero-order chi connectivity index (χ0) is 14.9. The maximum atomic E-state index is 13.9. The first kappa shape index (κ1) is 14.7. The van der Waals surface area contributed by atoms with Crippen LogP contribution < -0.4 is 5.32 Å². The molecule has 108 valence electrons. The normalized spacial score (nSPS) is 12.7. The molecule has 1 atom stereocenters. The third-order valence-electron chi connectivity index (χ3n) is 3.80. The highest BCUT2D eigenvalue weighted by Gasteiger charge is 2.19. The molecule has 0 saturated carbocycles. The monoisotopic (exact) mass is 279 g/mol. The van der Waals surface area contributed by atoms with E-state index in [1.54, 1.807) is 13.1 Å². The van der Waals surface area contributed by atoms with E-state index in [2.05, 4.69) is 10.4 Å². The average molecular weight is 279 g/mol. The standard InChI is InChI=1S/C15H19F2N3/c1-9-10(2)19-20(11(9)3)8-14(18-4)12-6-5-7-13(16)15(12)17/h5-7,14,18H,8H2,1-4H3. The molecular formula is C15H19F2N3. The van der Waals surface area contributed by atoms with Gasteiger partial charge in [0, 0.05) is 11.3 Å². The van der Waals surface area contributed by atoms with Crippen LogP contribution >= 0.6 is 0 Å². The van der Waals surface area contributed by atoms with Crippen molar-refractivity contribution in [3.8, 4) is 0 Å². The van der Waals surface area contributed by atoms with Gasteiger partial charge in [0.15, 0.2) is 11.6 Å². The molecule has 0 saturated heterocycles. The summed E-state index contributed by atoms with van der Waals surface area (Å²) in [6, 6.07) is 3.91. The van der Waals surface area contributed by atoms with Gasteiger partial charge in [-0.15, -0.1) is 0 Å². The summed E-state index contributed by atoms with van der Waals surface area (Å²) in [4.78, 5) is 0. The van der Waals surface area contributed by atoms with Crippen molar-refractivity contribution in [1.29, 1.82) is 0 Å². The van der Waals surface area contributed by atoms with Gasteiger partial charge in [-0.2, -0.15) is 5.10 Å². The summed E-state index contributed by atoms with van der Waals surface area (Å²) in [5.41, 5.74) is 3.44. The number of hydrogen-bond donors (Lipinski definition) is 1. The highest BCUT2D eigenvalue weighted by molar-refractivity contribution is 5.25. The van der Waals surface area contributed by atoms with Crippen LogP contribution in [0.4, 0.5) is 8.78 Å². The van der Waals surface area contributed by atoms with Gasteiger partial charge in [-0.1, -0.05) is 12.1 Å². The SMILES string of the molecule is CNC(Cn1nc(C)c(C)c1C)c1cccc(F)c1F. The second kappa shape index (κ2) is 5.71. The molecule has 2 rings (SSSR count). The van der Waals surface area contributed by atoms with Gasteiger partial charge in [0.25, 0.3) is 0 Å². The smallest absolute Gasteiger partial charge is 0.163 e. The van der Waals surface area contributed by atoms with Gasteiger partial charge < -0.3 is 5.32 Å². The van der Waals surface area contributed by atoms with Crippen molar-refractivity contribution in [3.05, 3.63) is 52.3 Å². The minimum atomic E-state index is -0.827. The minimum Gasteiger partial charge on any atom is -0.311 e. The quantitative estimate of drug-likeness (QED) is 0.932. The molecule has 0 amide bonds. The van der Waals surface area contributed by atoms with E-state index < -0.39 is 11.6 Å². The van der Waals surface area contributed by atoms with E-state index in [9.17, 15) is 8.78 Å².